The number of hydrogen-bond acceptors (Lipinski definition) is 5. The van der Waals surface area contributed by atoms with Gasteiger partial charge in [-0.1, -0.05) is 5.16 Å². The maximum atomic E-state index is 11.7. The second-order valence-electron chi connectivity index (χ2n) is 4.88. The Balaban J connectivity index is 1.53. The molecule has 3 rings (SSSR count). The molecule has 98 valence electrons. The number of rotatable bonds is 3. The first-order valence-electron chi connectivity index (χ1n) is 6.36. The van der Waals surface area contributed by atoms with Gasteiger partial charge in [-0.05, 0) is 18.9 Å². The molecular weight excluding hydrogens is 234 g/mol. The summed E-state index contributed by atoms with van der Waals surface area (Å²) < 4.78 is 10.6. The third kappa shape index (κ3) is 2.26. The summed E-state index contributed by atoms with van der Waals surface area (Å²) in [5.74, 6) is 1.15. The van der Waals surface area contributed by atoms with Crippen molar-refractivity contribution in [3.63, 3.8) is 0 Å². The standard InChI is InChI=1S/C12H17N3O3/c16-12(10-2-4-15-18-10)14-6-11-9-5-13-3-1-8(9)7-17-11/h2,4,8-9,11,13H,1,3,5-7H2,(H,14,16)/t8-,9-,11+/m0/s1. The number of ether oxygens (including phenoxy) is 1. The van der Waals surface area contributed by atoms with Crippen molar-refractivity contribution in [3.8, 4) is 0 Å². The second-order valence-corrected chi connectivity index (χ2v) is 4.88. The number of nitrogens with zero attached hydrogens (tertiary/aromatic N) is 1. The summed E-state index contributed by atoms with van der Waals surface area (Å²) >= 11 is 0. The smallest absolute Gasteiger partial charge is 0.289 e. The Hall–Kier alpha value is -1.40. The first-order chi connectivity index (χ1) is 8.84. The van der Waals surface area contributed by atoms with Gasteiger partial charge in [0.2, 0.25) is 5.76 Å². The van der Waals surface area contributed by atoms with E-state index in [-0.39, 0.29) is 17.8 Å². The number of carbonyl (C=O) groups is 1. The van der Waals surface area contributed by atoms with Gasteiger partial charge >= 0.3 is 0 Å². The highest BCUT2D eigenvalue weighted by atomic mass is 16.5. The van der Waals surface area contributed by atoms with E-state index in [1.54, 1.807) is 6.07 Å². The third-order valence-electron chi connectivity index (χ3n) is 3.80. The molecule has 3 atom stereocenters. The number of piperidine rings is 1. The molecule has 0 radical (unpaired) electrons. The summed E-state index contributed by atoms with van der Waals surface area (Å²) in [5, 5.41) is 9.73. The van der Waals surface area contributed by atoms with Crippen LogP contribution in [0.1, 0.15) is 17.0 Å². The van der Waals surface area contributed by atoms with Crippen LogP contribution >= 0.6 is 0 Å². The number of carbonyl (C=O) groups excluding carboxylic acids is 1. The molecule has 6 heteroatoms. The molecule has 0 saturated carbocycles. The molecule has 1 aromatic rings. The van der Waals surface area contributed by atoms with Crippen molar-refractivity contribution in [1.29, 1.82) is 0 Å². The van der Waals surface area contributed by atoms with Crippen LogP contribution in [0.2, 0.25) is 0 Å². The van der Waals surface area contributed by atoms with Crippen molar-refractivity contribution in [1.82, 2.24) is 15.8 Å². The Labute approximate surface area is 105 Å². The lowest BCUT2D eigenvalue weighted by Crippen LogP contribution is -2.43. The average molecular weight is 251 g/mol. The average Bonchev–Trinajstić information content (AvgIpc) is 3.06. The summed E-state index contributed by atoms with van der Waals surface area (Å²) in [6.45, 7) is 3.40. The topological polar surface area (TPSA) is 76.4 Å². The van der Waals surface area contributed by atoms with Crippen LogP contribution in [0.4, 0.5) is 0 Å². The van der Waals surface area contributed by atoms with Gasteiger partial charge in [-0.3, -0.25) is 4.79 Å². The summed E-state index contributed by atoms with van der Waals surface area (Å²) in [7, 11) is 0. The SMILES string of the molecule is O=C(NC[C@H]1OC[C@@H]2CCNC[C@@H]21)c1ccno1. The highest BCUT2D eigenvalue weighted by Crippen LogP contribution is 2.30. The van der Waals surface area contributed by atoms with Gasteiger partial charge in [0.1, 0.15) is 0 Å². The van der Waals surface area contributed by atoms with E-state index in [0.29, 0.717) is 18.4 Å². The Morgan fingerprint density at radius 3 is 3.39 bits per heavy atom. The predicted octanol–water partition coefficient (Wildman–Crippen LogP) is 0.0289. The van der Waals surface area contributed by atoms with E-state index in [4.69, 9.17) is 9.26 Å². The largest absolute Gasteiger partial charge is 0.376 e. The molecule has 0 unspecified atom stereocenters. The molecule has 0 bridgehead atoms. The van der Waals surface area contributed by atoms with Gasteiger partial charge in [0.25, 0.3) is 5.91 Å². The van der Waals surface area contributed by atoms with E-state index in [1.807, 2.05) is 0 Å². The number of aromatic nitrogens is 1. The highest BCUT2D eigenvalue weighted by molar-refractivity contribution is 5.91. The molecule has 3 heterocycles. The zero-order valence-corrected chi connectivity index (χ0v) is 10.1. The highest BCUT2D eigenvalue weighted by Gasteiger charge is 2.38. The molecule has 2 N–H and O–H groups in total. The first-order valence-corrected chi connectivity index (χ1v) is 6.36. The molecule has 2 fully saturated rings. The lowest BCUT2D eigenvalue weighted by Gasteiger charge is -2.27. The second kappa shape index (κ2) is 5.07. The molecule has 1 aromatic heterocycles. The Bertz CT molecular complexity index is 407. The van der Waals surface area contributed by atoms with Crippen LogP contribution in [0.25, 0.3) is 0 Å². The zero-order valence-electron chi connectivity index (χ0n) is 10.1. The maximum Gasteiger partial charge on any atom is 0.289 e. The van der Waals surface area contributed by atoms with Crippen LogP contribution < -0.4 is 10.6 Å². The summed E-state index contributed by atoms with van der Waals surface area (Å²) in [5.41, 5.74) is 0. The van der Waals surface area contributed by atoms with Crippen LogP contribution in [-0.2, 0) is 4.74 Å². The summed E-state index contributed by atoms with van der Waals surface area (Å²) in [6, 6.07) is 1.55. The van der Waals surface area contributed by atoms with Gasteiger partial charge in [0.05, 0.1) is 18.9 Å². The lowest BCUT2D eigenvalue weighted by atomic mass is 9.85. The fourth-order valence-corrected chi connectivity index (χ4v) is 2.77. The van der Waals surface area contributed by atoms with Crippen LogP contribution in [0.5, 0.6) is 0 Å². The van der Waals surface area contributed by atoms with Crippen LogP contribution in [0.15, 0.2) is 16.8 Å². The maximum absolute atomic E-state index is 11.7. The summed E-state index contributed by atoms with van der Waals surface area (Å²) in [4.78, 5) is 11.7. The van der Waals surface area contributed by atoms with Gasteiger partial charge in [-0.15, -0.1) is 0 Å². The fraction of sp³-hybridized carbons (Fsp3) is 0.667. The van der Waals surface area contributed by atoms with Crippen LogP contribution in [0, 0.1) is 11.8 Å². The number of nitrogens with one attached hydrogen (secondary N) is 2. The van der Waals surface area contributed by atoms with Crippen molar-refractivity contribution in [2.45, 2.75) is 12.5 Å². The minimum absolute atomic E-state index is 0.106. The van der Waals surface area contributed by atoms with Gasteiger partial charge < -0.3 is 19.9 Å². The van der Waals surface area contributed by atoms with E-state index in [2.05, 4.69) is 15.8 Å². The third-order valence-corrected chi connectivity index (χ3v) is 3.80. The van der Waals surface area contributed by atoms with E-state index >= 15 is 0 Å². The predicted molar refractivity (Wildman–Crippen MR) is 63.0 cm³/mol. The van der Waals surface area contributed by atoms with E-state index in [9.17, 15) is 4.79 Å². The Morgan fingerprint density at radius 2 is 2.56 bits per heavy atom. The molecule has 0 aromatic carbocycles. The van der Waals surface area contributed by atoms with E-state index in [1.165, 1.54) is 6.20 Å². The Kier molecular flexibility index (Phi) is 3.29. The first kappa shape index (κ1) is 11.7. The van der Waals surface area contributed by atoms with Gasteiger partial charge in [-0.2, -0.15) is 0 Å². The minimum atomic E-state index is -0.233. The molecule has 6 nitrogen and oxygen atoms in total. The van der Waals surface area contributed by atoms with Crippen molar-refractivity contribution in [2.24, 2.45) is 11.8 Å². The quantitative estimate of drug-likeness (QED) is 0.792. The monoisotopic (exact) mass is 251 g/mol. The van der Waals surface area contributed by atoms with Crippen molar-refractivity contribution >= 4 is 5.91 Å². The molecule has 2 aliphatic heterocycles. The molecule has 1 amide bonds. The molecule has 2 aliphatic rings. The normalized spacial score (nSPS) is 31.0. The number of fused-ring (bicyclic) bond motifs is 1. The minimum Gasteiger partial charge on any atom is -0.376 e. The van der Waals surface area contributed by atoms with Crippen LogP contribution in [-0.4, -0.2) is 43.4 Å². The zero-order chi connectivity index (χ0) is 12.4. The fourth-order valence-electron chi connectivity index (χ4n) is 2.77. The van der Waals surface area contributed by atoms with Crippen molar-refractivity contribution in [3.05, 3.63) is 18.0 Å². The lowest BCUT2D eigenvalue weighted by molar-refractivity contribution is 0.0755. The molecule has 18 heavy (non-hydrogen) atoms. The van der Waals surface area contributed by atoms with Crippen molar-refractivity contribution in [2.75, 3.05) is 26.2 Å². The van der Waals surface area contributed by atoms with Gasteiger partial charge in [0.15, 0.2) is 0 Å². The number of hydrogen-bond donors (Lipinski definition) is 2. The van der Waals surface area contributed by atoms with Gasteiger partial charge in [-0.25, -0.2) is 0 Å². The Morgan fingerprint density at radius 1 is 1.61 bits per heavy atom. The van der Waals surface area contributed by atoms with Crippen LogP contribution in [0.3, 0.4) is 0 Å². The van der Waals surface area contributed by atoms with E-state index in [0.717, 1.165) is 26.1 Å². The molecular formula is C12H17N3O3. The van der Waals surface area contributed by atoms with Gasteiger partial charge in [0, 0.05) is 25.1 Å². The molecule has 0 aliphatic carbocycles. The summed E-state index contributed by atoms with van der Waals surface area (Å²) in [6.07, 6.45) is 2.73. The van der Waals surface area contributed by atoms with Crippen molar-refractivity contribution < 1.29 is 14.1 Å². The number of amides is 1. The molecule has 0 spiro atoms. The molecule has 2 saturated heterocycles. The van der Waals surface area contributed by atoms with E-state index < -0.39 is 0 Å².